The highest BCUT2D eigenvalue weighted by Crippen LogP contribution is 2.31. The number of hydrogen-bond acceptors (Lipinski definition) is 2. The van der Waals surface area contributed by atoms with Crippen LogP contribution in [0.2, 0.25) is 0 Å². The molecule has 1 saturated heterocycles. The Balaban J connectivity index is 0.00000200. The van der Waals surface area contributed by atoms with Gasteiger partial charge in [-0.15, -0.1) is 12.4 Å². The zero-order chi connectivity index (χ0) is 13.7. The van der Waals surface area contributed by atoms with Crippen LogP contribution in [-0.2, 0) is 6.18 Å². The minimum absolute atomic E-state index is 0. The summed E-state index contributed by atoms with van der Waals surface area (Å²) in [5, 5.41) is 3.28. The molecule has 1 aromatic carbocycles. The molecule has 2 nitrogen and oxygen atoms in total. The smallest absolute Gasteiger partial charge is 0.416 e. The van der Waals surface area contributed by atoms with E-state index >= 15 is 0 Å². The molecule has 0 bridgehead atoms. The number of ether oxygens (including phenoxy) is 1. The second kappa shape index (κ2) is 7.74. The van der Waals surface area contributed by atoms with Crippen molar-refractivity contribution < 1.29 is 17.9 Å². The summed E-state index contributed by atoms with van der Waals surface area (Å²) in [5.74, 6) is 0.913. The molecular weight excluding hydrogens is 291 g/mol. The zero-order valence-corrected chi connectivity index (χ0v) is 11.9. The van der Waals surface area contributed by atoms with Crippen molar-refractivity contribution in [3.05, 3.63) is 29.8 Å². The van der Waals surface area contributed by atoms with Gasteiger partial charge in [-0.2, -0.15) is 13.2 Å². The number of rotatable bonds is 4. The summed E-state index contributed by atoms with van der Waals surface area (Å²) in [6.45, 7) is 2.52. The van der Waals surface area contributed by atoms with Gasteiger partial charge in [0, 0.05) is 0 Å². The van der Waals surface area contributed by atoms with E-state index in [0.29, 0.717) is 18.3 Å². The van der Waals surface area contributed by atoms with Crippen molar-refractivity contribution in [2.24, 2.45) is 5.92 Å². The average Bonchev–Trinajstić information content (AvgIpc) is 2.39. The Hall–Kier alpha value is -0.940. The van der Waals surface area contributed by atoms with Gasteiger partial charge in [0.25, 0.3) is 0 Å². The topological polar surface area (TPSA) is 21.3 Å². The summed E-state index contributed by atoms with van der Waals surface area (Å²) in [6.07, 6.45) is -1.18. The minimum atomic E-state index is -4.31. The van der Waals surface area contributed by atoms with Crippen LogP contribution in [0.4, 0.5) is 13.2 Å². The average molecular weight is 310 g/mol. The van der Waals surface area contributed by atoms with Gasteiger partial charge in [0.15, 0.2) is 0 Å². The standard InChI is InChI=1S/C14H18F3NO.ClH/c15-14(16,17)12-2-1-3-13(10-12)19-9-6-11-4-7-18-8-5-11;/h1-3,10-11,18H,4-9H2;1H. The van der Waals surface area contributed by atoms with Crippen molar-refractivity contribution in [2.75, 3.05) is 19.7 Å². The Morgan fingerprint density at radius 1 is 1.20 bits per heavy atom. The molecule has 1 heterocycles. The highest BCUT2D eigenvalue weighted by molar-refractivity contribution is 5.85. The number of halogens is 4. The highest BCUT2D eigenvalue weighted by atomic mass is 35.5. The number of benzene rings is 1. The molecule has 1 aromatic rings. The van der Waals surface area contributed by atoms with Crippen molar-refractivity contribution in [3.63, 3.8) is 0 Å². The molecule has 0 atom stereocenters. The fraction of sp³-hybridized carbons (Fsp3) is 0.571. The molecule has 20 heavy (non-hydrogen) atoms. The largest absolute Gasteiger partial charge is 0.494 e. The maximum atomic E-state index is 12.5. The Kier molecular flexibility index (Phi) is 6.62. The first-order chi connectivity index (χ1) is 9.05. The number of nitrogens with one attached hydrogen (secondary N) is 1. The first-order valence-electron chi connectivity index (χ1n) is 6.56. The molecule has 0 radical (unpaired) electrons. The van der Waals surface area contributed by atoms with Crippen LogP contribution in [0.25, 0.3) is 0 Å². The molecule has 0 aromatic heterocycles. The van der Waals surface area contributed by atoms with Gasteiger partial charge in [-0.25, -0.2) is 0 Å². The Morgan fingerprint density at radius 2 is 1.90 bits per heavy atom. The number of piperidine rings is 1. The highest BCUT2D eigenvalue weighted by Gasteiger charge is 2.30. The first-order valence-corrected chi connectivity index (χ1v) is 6.56. The quantitative estimate of drug-likeness (QED) is 0.911. The molecule has 114 valence electrons. The molecule has 0 spiro atoms. The lowest BCUT2D eigenvalue weighted by Crippen LogP contribution is -2.28. The van der Waals surface area contributed by atoms with Crippen LogP contribution < -0.4 is 10.1 Å². The van der Waals surface area contributed by atoms with E-state index < -0.39 is 11.7 Å². The summed E-state index contributed by atoms with van der Waals surface area (Å²) < 4.78 is 43.0. The number of alkyl halides is 3. The van der Waals surface area contributed by atoms with Crippen molar-refractivity contribution in [3.8, 4) is 5.75 Å². The molecule has 1 fully saturated rings. The van der Waals surface area contributed by atoms with Gasteiger partial charge in [-0.05, 0) is 56.5 Å². The normalized spacial score (nSPS) is 16.6. The second-order valence-corrected chi connectivity index (χ2v) is 4.86. The maximum Gasteiger partial charge on any atom is 0.416 e. The predicted molar refractivity (Wildman–Crippen MR) is 74.4 cm³/mol. The molecular formula is C14H19ClF3NO. The SMILES string of the molecule is Cl.FC(F)(F)c1cccc(OCCC2CCNCC2)c1. The van der Waals surface area contributed by atoms with Gasteiger partial charge in [-0.3, -0.25) is 0 Å². The molecule has 1 aliphatic rings. The molecule has 1 aliphatic heterocycles. The summed E-state index contributed by atoms with van der Waals surface area (Å²) in [6, 6.07) is 5.06. The van der Waals surface area contributed by atoms with Crippen LogP contribution in [0.15, 0.2) is 24.3 Å². The molecule has 1 N–H and O–H groups in total. The Bertz CT molecular complexity index is 406. The predicted octanol–water partition coefficient (Wildman–Crippen LogP) is 3.90. The van der Waals surface area contributed by atoms with Crippen LogP contribution in [-0.4, -0.2) is 19.7 Å². The molecule has 0 aliphatic carbocycles. The lowest BCUT2D eigenvalue weighted by atomic mass is 9.95. The van der Waals surface area contributed by atoms with Gasteiger partial charge >= 0.3 is 6.18 Å². The van der Waals surface area contributed by atoms with Crippen molar-refractivity contribution in [1.29, 1.82) is 0 Å². The third kappa shape index (κ3) is 5.21. The minimum Gasteiger partial charge on any atom is -0.494 e. The van der Waals surface area contributed by atoms with Gasteiger partial charge in [0.1, 0.15) is 5.75 Å². The van der Waals surface area contributed by atoms with E-state index in [0.717, 1.165) is 44.5 Å². The van der Waals surface area contributed by atoms with Crippen LogP contribution in [0, 0.1) is 5.92 Å². The lowest BCUT2D eigenvalue weighted by molar-refractivity contribution is -0.137. The van der Waals surface area contributed by atoms with Crippen molar-refractivity contribution >= 4 is 12.4 Å². The van der Waals surface area contributed by atoms with E-state index in [1.54, 1.807) is 6.07 Å². The second-order valence-electron chi connectivity index (χ2n) is 4.86. The van der Waals surface area contributed by atoms with Crippen LogP contribution in [0.3, 0.4) is 0 Å². The molecule has 2 rings (SSSR count). The lowest BCUT2D eigenvalue weighted by Gasteiger charge is -2.22. The van der Waals surface area contributed by atoms with Crippen LogP contribution >= 0.6 is 12.4 Å². The zero-order valence-electron chi connectivity index (χ0n) is 11.1. The van der Waals surface area contributed by atoms with E-state index in [4.69, 9.17) is 4.74 Å². The summed E-state index contributed by atoms with van der Waals surface area (Å²) >= 11 is 0. The van der Waals surface area contributed by atoms with Crippen LogP contribution in [0.5, 0.6) is 5.75 Å². The maximum absolute atomic E-state index is 12.5. The van der Waals surface area contributed by atoms with Crippen LogP contribution in [0.1, 0.15) is 24.8 Å². The van der Waals surface area contributed by atoms with Crippen molar-refractivity contribution in [1.82, 2.24) is 5.32 Å². The van der Waals surface area contributed by atoms with Crippen molar-refractivity contribution in [2.45, 2.75) is 25.4 Å². The third-order valence-corrected chi connectivity index (χ3v) is 3.41. The summed E-state index contributed by atoms with van der Waals surface area (Å²) in [4.78, 5) is 0. The monoisotopic (exact) mass is 309 g/mol. The number of hydrogen-bond donors (Lipinski definition) is 1. The van der Waals surface area contributed by atoms with Gasteiger partial charge in [0.2, 0.25) is 0 Å². The van der Waals surface area contributed by atoms with E-state index in [2.05, 4.69) is 5.32 Å². The fourth-order valence-electron chi connectivity index (χ4n) is 2.28. The molecule has 0 amide bonds. The Morgan fingerprint density at radius 3 is 2.55 bits per heavy atom. The van der Waals surface area contributed by atoms with E-state index in [-0.39, 0.29) is 12.4 Å². The van der Waals surface area contributed by atoms with Gasteiger partial charge < -0.3 is 10.1 Å². The molecule has 6 heteroatoms. The van der Waals surface area contributed by atoms with Gasteiger partial charge in [-0.1, -0.05) is 6.07 Å². The van der Waals surface area contributed by atoms with Gasteiger partial charge in [0.05, 0.1) is 12.2 Å². The van der Waals surface area contributed by atoms with E-state index in [1.807, 2.05) is 0 Å². The first kappa shape index (κ1) is 17.1. The Labute approximate surface area is 123 Å². The van der Waals surface area contributed by atoms with E-state index in [9.17, 15) is 13.2 Å². The van der Waals surface area contributed by atoms with E-state index in [1.165, 1.54) is 6.07 Å². The fourth-order valence-corrected chi connectivity index (χ4v) is 2.28. The molecule has 0 saturated carbocycles. The third-order valence-electron chi connectivity index (χ3n) is 3.41. The summed E-state index contributed by atoms with van der Waals surface area (Å²) in [5.41, 5.74) is -0.660. The summed E-state index contributed by atoms with van der Waals surface area (Å²) in [7, 11) is 0. The molecule has 0 unspecified atom stereocenters.